The Bertz CT molecular complexity index is 1090. The molecule has 2 aromatic rings. The molecule has 0 aromatic heterocycles. The second-order valence-electron chi connectivity index (χ2n) is 8.70. The predicted molar refractivity (Wildman–Crippen MR) is 125 cm³/mol. The molecule has 178 valence electrons. The van der Waals surface area contributed by atoms with E-state index < -0.39 is 10.0 Å². The molecule has 0 unspecified atom stereocenters. The van der Waals surface area contributed by atoms with Crippen molar-refractivity contribution in [3.05, 3.63) is 53.8 Å². The first-order chi connectivity index (χ1) is 15.8. The summed E-state index contributed by atoms with van der Waals surface area (Å²) in [6.07, 6.45) is 1.67. The molecular weight excluding hydrogens is 445 g/mol. The number of piperidine rings is 1. The molecule has 4 rings (SSSR count). The van der Waals surface area contributed by atoms with E-state index in [1.54, 1.807) is 23.1 Å². The van der Waals surface area contributed by atoms with E-state index in [1.807, 2.05) is 0 Å². The third-order valence-corrected chi connectivity index (χ3v) is 8.44. The van der Waals surface area contributed by atoms with Crippen LogP contribution in [0.5, 0.6) is 5.75 Å². The summed E-state index contributed by atoms with van der Waals surface area (Å²) in [4.78, 5) is 17.3. The first kappa shape index (κ1) is 23.5. The fourth-order valence-corrected chi connectivity index (χ4v) is 5.88. The van der Waals surface area contributed by atoms with E-state index >= 15 is 0 Å². The second-order valence-corrected chi connectivity index (χ2v) is 10.6. The molecule has 0 saturated carbocycles. The van der Waals surface area contributed by atoms with E-state index in [1.165, 1.54) is 35.7 Å². The Labute approximate surface area is 194 Å². The Hall–Kier alpha value is -2.65. The summed E-state index contributed by atoms with van der Waals surface area (Å²) in [6, 6.07) is 10.8. The fourth-order valence-electron chi connectivity index (χ4n) is 4.38. The number of methoxy groups -OCH3 is 1. The molecule has 2 heterocycles. The van der Waals surface area contributed by atoms with Crippen LogP contribution < -0.4 is 9.64 Å². The van der Waals surface area contributed by atoms with Gasteiger partial charge in [-0.3, -0.25) is 4.79 Å². The normalized spacial score (nSPS) is 18.4. The van der Waals surface area contributed by atoms with Crippen molar-refractivity contribution >= 4 is 21.6 Å². The van der Waals surface area contributed by atoms with Crippen LogP contribution in [0.3, 0.4) is 0 Å². The number of sulfonamides is 1. The highest BCUT2D eigenvalue weighted by Crippen LogP contribution is 2.29. The van der Waals surface area contributed by atoms with Gasteiger partial charge in [-0.25, -0.2) is 12.8 Å². The number of ether oxygens (including phenoxy) is 1. The van der Waals surface area contributed by atoms with E-state index in [-0.39, 0.29) is 22.2 Å². The second kappa shape index (κ2) is 9.69. The van der Waals surface area contributed by atoms with E-state index in [4.69, 9.17) is 4.74 Å². The molecule has 1 amide bonds. The van der Waals surface area contributed by atoms with E-state index in [0.29, 0.717) is 50.9 Å². The number of hydrogen-bond acceptors (Lipinski definition) is 5. The Kier molecular flexibility index (Phi) is 6.90. The zero-order valence-electron chi connectivity index (χ0n) is 19.0. The number of piperazine rings is 1. The van der Waals surface area contributed by atoms with E-state index in [0.717, 1.165) is 18.5 Å². The van der Waals surface area contributed by atoms with Crippen molar-refractivity contribution in [3.63, 3.8) is 0 Å². The zero-order valence-corrected chi connectivity index (χ0v) is 19.9. The number of anilines is 1. The summed E-state index contributed by atoms with van der Waals surface area (Å²) < 4.78 is 46.5. The van der Waals surface area contributed by atoms with Gasteiger partial charge in [-0.05, 0) is 61.2 Å². The van der Waals surface area contributed by atoms with Gasteiger partial charge in [0.15, 0.2) is 0 Å². The molecule has 33 heavy (non-hydrogen) atoms. The lowest BCUT2D eigenvalue weighted by atomic mass is 10.0. The molecule has 0 bridgehead atoms. The van der Waals surface area contributed by atoms with Crippen LogP contribution in [0.15, 0.2) is 47.4 Å². The number of rotatable bonds is 5. The summed E-state index contributed by atoms with van der Waals surface area (Å²) >= 11 is 0. The van der Waals surface area contributed by atoms with Crippen molar-refractivity contribution in [2.24, 2.45) is 5.92 Å². The minimum Gasteiger partial charge on any atom is -0.496 e. The van der Waals surface area contributed by atoms with E-state index in [9.17, 15) is 17.6 Å². The van der Waals surface area contributed by atoms with E-state index in [2.05, 4.69) is 11.8 Å². The van der Waals surface area contributed by atoms with Crippen molar-refractivity contribution in [1.82, 2.24) is 9.21 Å². The molecule has 2 fully saturated rings. The summed E-state index contributed by atoms with van der Waals surface area (Å²) in [5.74, 6) is 0.327. The molecule has 0 radical (unpaired) electrons. The topological polar surface area (TPSA) is 70.2 Å². The van der Waals surface area contributed by atoms with Gasteiger partial charge in [0, 0.05) is 45.0 Å². The zero-order chi connectivity index (χ0) is 23.6. The average Bonchev–Trinajstić information content (AvgIpc) is 2.84. The molecule has 0 atom stereocenters. The quantitative estimate of drug-likeness (QED) is 0.664. The van der Waals surface area contributed by atoms with Gasteiger partial charge in [-0.2, -0.15) is 4.31 Å². The van der Waals surface area contributed by atoms with Crippen molar-refractivity contribution in [1.29, 1.82) is 0 Å². The number of carbonyl (C=O) groups is 1. The fraction of sp³-hybridized carbons (Fsp3) is 0.458. The predicted octanol–water partition coefficient (Wildman–Crippen LogP) is 3.22. The molecule has 7 nitrogen and oxygen atoms in total. The number of hydrogen-bond donors (Lipinski definition) is 0. The summed E-state index contributed by atoms with van der Waals surface area (Å²) in [5.41, 5.74) is 1.16. The van der Waals surface area contributed by atoms with Gasteiger partial charge in [0.2, 0.25) is 10.0 Å². The molecule has 2 saturated heterocycles. The lowest BCUT2D eigenvalue weighted by Gasteiger charge is -2.36. The highest BCUT2D eigenvalue weighted by atomic mass is 32.2. The minimum absolute atomic E-state index is 0.117. The number of carbonyl (C=O) groups excluding carboxylic acids is 1. The molecule has 0 aliphatic carbocycles. The minimum atomic E-state index is -3.68. The molecular formula is C24H30FN3O4S. The maximum Gasteiger partial charge on any atom is 0.257 e. The average molecular weight is 476 g/mol. The van der Waals surface area contributed by atoms with Crippen LogP contribution in [0.1, 0.15) is 30.1 Å². The van der Waals surface area contributed by atoms with Gasteiger partial charge >= 0.3 is 0 Å². The monoisotopic (exact) mass is 475 g/mol. The maximum atomic E-state index is 13.3. The summed E-state index contributed by atoms with van der Waals surface area (Å²) in [6.45, 7) is 5.26. The molecule has 9 heteroatoms. The number of nitrogens with zero attached hydrogens (tertiary/aromatic N) is 3. The lowest BCUT2D eigenvalue weighted by molar-refractivity contribution is 0.0743. The van der Waals surface area contributed by atoms with Gasteiger partial charge in [0.05, 0.1) is 17.6 Å². The number of halogens is 1. The van der Waals surface area contributed by atoms with Crippen LogP contribution >= 0.6 is 0 Å². The van der Waals surface area contributed by atoms with Crippen LogP contribution in [-0.2, 0) is 10.0 Å². The number of benzene rings is 2. The third-order valence-electron chi connectivity index (χ3n) is 6.54. The highest BCUT2D eigenvalue weighted by molar-refractivity contribution is 7.89. The van der Waals surface area contributed by atoms with Crippen LogP contribution in [0.4, 0.5) is 10.1 Å². The Morgan fingerprint density at radius 1 is 0.970 bits per heavy atom. The van der Waals surface area contributed by atoms with Crippen molar-refractivity contribution < 1.29 is 22.3 Å². The summed E-state index contributed by atoms with van der Waals surface area (Å²) in [5, 5.41) is 0. The maximum absolute atomic E-state index is 13.3. The van der Waals surface area contributed by atoms with Gasteiger partial charge < -0.3 is 14.5 Å². The molecule has 2 aliphatic heterocycles. The molecule has 0 spiro atoms. The van der Waals surface area contributed by atoms with Crippen LogP contribution in [0.2, 0.25) is 0 Å². The summed E-state index contributed by atoms with van der Waals surface area (Å²) in [7, 11) is -2.21. The molecule has 2 aromatic carbocycles. The third kappa shape index (κ3) is 4.99. The van der Waals surface area contributed by atoms with Gasteiger partial charge in [-0.15, -0.1) is 0 Å². The Morgan fingerprint density at radius 2 is 1.61 bits per heavy atom. The van der Waals surface area contributed by atoms with Crippen molar-refractivity contribution in [2.45, 2.75) is 24.7 Å². The van der Waals surface area contributed by atoms with Crippen molar-refractivity contribution in [3.8, 4) is 5.75 Å². The van der Waals surface area contributed by atoms with Crippen molar-refractivity contribution in [2.75, 3.05) is 51.3 Å². The standard InChI is InChI=1S/C24H30FN3O4S/c1-18-9-11-28(12-10-18)33(30,31)21-7-8-23(32-2)22(17-21)24(29)27-15-13-26(14-16-27)20-5-3-19(25)4-6-20/h3-8,17-18H,9-16H2,1-2H3. The highest BCUT2D eigenvalue weighted by Gasteiger charge is 2.31. The van der Waals surface area contributed by atoms with Crippen LogP contribution in [0.25, 0.3) is 0 Å². The Morgan fingerprint density at radius 3 is 2.21 bits per heavy atom. The van der Waals surface area contributed by atoms with Gasteiger partial charge in [0.25, 0.3) is 5.91 Å². The first-order valence-electron chi connectivity index (χ1n) is 11.3. The molecule has 0 N–H and O–H groups in total. The van der Waals surface area contributed by atoms with Crippen LogP contribution in [-0.4, -0.2) is 69.9 Å². The lowest BCUT2D eigenvalue weighted by Crippen LogP contribution is -2.48. The smallest absolute Gasteiger partial charge is 0.257 e. The Balaban J connectivity index is 1.51. The van der Waals surface area contributed by atoms with Gasteiger partial charge in [0.1, 0.15) is 11.6 Å². The van der Waals surface area contributed by atoms with Gasteiger partial charge in [-0.1, -0.05) is 6.92 Å². The SMILES string of the molecule is COc1ccc(S(=O)(=O)N2CCC(C)CC2)cc1C(=O)N1CCN(c2ccc(F)cc2)CC1. The first-order valence-corrected chi connectivity index (χ1v) is 12.7. The number of amides is 1. The molecule has 2 aliphatic rings. The largest absolute Gasteiger partial charge is 0.496 e. The van der Waals surface area contributed by atoms with Crippen LogP contribution in [0, 0.1) is 11.7 Å².